The van der Waals surface area contributed by atoms with Gasteiger partial charge in [-0.05, 0) is 55.2 Å². The van der Waals surface area contributed by atoms with Crippen molar-refractivity contribution >= 4 is 28.6 Å². The highest BCUT2D eigenvalue weighted by Crippen LogP contribution is 2.25. The van der Waals surface area contributed by atoms with Crippen LogP contribution in [0, 0.1) is 5.82 Å². The van der Waals surface area contributed by atoms with Crippen LogP contribution in [-0.4, -0.2) is 67.4 Å². The van der Waals surface area contributed by atoms with Crippen LogP contribution in [0.2, 0.25) is 5.02 Å². The molecule has 2 aromatic heterocycles. The summed E-state index contributed by atoms with van der Waals surface area (Å²) in [7, 11) is 0. The molecule has 0 spiro atoms. The Labute approximate surface area is 235 Å². The first-order valence-electron chi connectivity index (χ1n) is 13.4. The van der Waals surface area contributed by atoms with Crippen LogP contribution in [0.15, 0.2) is 48.7 Å². The van der Waals surface area contributed by atoms with Gasteiger partial charge in [-0.25, -0.2) is 19.2 Å². The molecule has 4 aromatic rings. The van der Waals surface area contributed by atoms with Gasteiger partial charge in [0, 0.05) is 43.4 Å². The molecule has 208 valence electrons. The van der Waals surface area contributed by atoms with Crippen LogP contribution in [0.4, 0.5) is 4.39 Å². The van der Waals surface area contributed by atoms with Crippen molar-refractivity contribution in [2.75, 3.05) is 19.7 Å². The Morgan fingerprint density at radius 1 is 1.12 bits per heavy atom. The minimum absolute atomic E-state index is 0.00610. The Bertz CT molecular complexity index is 1530. The first-order valence-corrected chi connectivity index (χ1v) is 13.8. The van der Waals surface area contributed by atoms with E-state index in [2.05, 4.69) is 19.4 Å². The molecule has 9 nitrogen and oxygen atoms in total. The molecule has 2 aliphatic heterocycles. The monoisotopic (exact) mass is 565 g/mol. The van der Waals surface area contributed by atoms with Gasteiger partial charge >= 0.3 is 5.97 Å². The standard InChI is InChI=1S/C29H29ClFN5O4/c30-20-3-1-18(23(31)15-20)14-26-32-9-5-28(34-26)40-21-6-10-35(11-7-21)17-27-33-24-13-19(29(37)38)2-4-25(24)36(27)16-22-8-12-39-22/h1-5,9,13,15,21-22H,6-8,10-12,14,16-17H2,(H,37,38)/t22-/m0/s1. The average molecular weight is 566 g/mol. The zero-order valence-corrected chi connectivity index (χ0v) is 22.6. The third-order valence-electron chi connectivity index (χ3n) is 7.48. The van der Waals surface area contributed by atoms with Crippen LogP contribution in [-0.2, 0) is 24.2 Å². The molecule has 6 rings (SSSR count). The van der Waals surface area contributed by atoms with E-state index in [-0.39, 0.29) is 30.0 Å². The molecule has 0 unspecified atom stereocenters. The molecule has 2 saturated heterocycles. The van der Waals surface area contributed by atoms with Gasteiger partial charge < -0.3 is 19.1 Å². The molecule has 0 amide bonds. The van der Waals surface area contributed by atoms with Crippen molar-refractivity contribution in [3.05, 3.63) is 82.3 Å². The van der Waals surface area contributed by atoms with Gasteiger partial charge in [-0.1, -0.05) is 17.7 Å². The second kappa shape index (κ2) is 11.5. The Morgan fingerprint density at radius 3 is 2.67 bits per heavy atom. The molecule has 2 fully saturated rings. The predicted octanol–water partition coefficient (Wildman–Crippen LogP) is 4.74. The second-order valence-electron chi connectivity index (χ2n) is 10.2. The Hall–Kier alpha value is -3.60. The van der Waals surface area contributed by atoms with E-state index in [1.807, 2.05) is 6.07 Å². The summed E-state index contributed by atoms with van der Waals surface area (Å²) < 4.78 is 28.2. The van der Waals surface area contributed by atoms with E-state index in [9.17, 15) is 14.3 Å². The fraction of sp³-hybridized carbons (Fsp3) is 0.379. The molecule has 0 aliphatic carbocycles. The average Bonchev–Trinajstić information content (AvgIpc) is 3.25. The maximum atomic E-state index is 14.2. The number of nitrogens with zero attached hydrogens (tertiary/aromatic N) is 5. The maximum Gasteiger partial charge on any atom is 0.335 e. The molecule has 11 heteroatoms. The van der Waals surface area contributed by atoms with Gasteiger partial charge in [0.05, 0.1) is 35.8 Å². The zero-order valence-electron chi connectivity index (χ0n) is 21.8. The lowest BCUT2D eigenvalue weighted by molar-refractivity contribution is -0.0592. The summed E-state index contributed by atoms with van der Waals surface area (Å²) >= 11 is 5.86. The smallest absolute Gasteiger partial charge is 0.335 e. The number of ether oxygens (including phenoxy) is 2. The number of likely N-dealkylation sites (tertiary alicyclic amines) is 1. The zero-order chi connectivity index (χ0) is 27.6. The molecular formula is C29H29ClFN5O4. The molecule has 1 N–H and O–H groups in total. The number of aromatic nitrogens is 4. The first kappa shape index (κ1) is 26.6. The van der Waals surface area contributed by atoms with Crippen LogP contribution in [0.3, 0.4) is 0 Å². The van der Waals surface area contributed by atoms with Crippen LogP contribution in [0.5, 0.6) is 5.88 Å². The van der Waals surface area contributed by atoms with E-state index >= 15 is 0 Å². The summed E-state index contributed by atoms with van der Waals surface area (Å²) in [6.07, 6.45) is 4.69. The Kier molecular flexibility index (Phi) is 7.64. The largest absolute Gasteiger partial charge is 0.478 e. The number of carboxylic acid groups (broad SMARTS) is 1. The lowest BCUT2D eigenvalue weighted by atomic mass is 10.1. The van der Waals surface area contributed by atoms with E-state index < -0.39 is 5.97 Å². The molecule has 2 aromatic carbocycles. The summed E-state index contributed by atoms with van der Waals surface area (Å²) in [5.74, 6) is 0.523. The number of rotatable bonds is 9. The van der Waals surface area contributed by atoms with Crippen LogP contribution in [0.25, 0.3) is 11.0 Å². The normalized spacial score (nSPS) is 18.1. The minimum atomic E-state index is -0.963. The molecule has 0 bridgehead atoms. The third-order valence-corrected chi connectivity index (χ3v) is 7.72. The molecule has 0 saturated carbocycles. The molecule has 40 heavy (non-hydrogen) atoms. The maximum absolute atomic E-state index is 14.2. The highest BCUT2D eigenvalue weighted by Gasteiger charge is 2.26. The minimum Gasteiger partial charge on any atom is -0.478 e. The number of aromatic carboxylic acids is 1. The summed E-state index contributed by atoms with van der Waals surface area (Å²) in [6.45, 7) is 3.77. The van der Waals surface area contributed by atoms with Crippen LogP contribution >= 0.6 is 11.6 Å². The number of imidazole rings is 1. The lowest BCUT2D eigenvalue weighted by Gasteiger charge is -2.32. The van der Waals surface area contributed by atoms with E-state index in [4.69, 9.17) is 26.1 Å². The van der Waals surface area contributed by atoms with Gasteiger partial charge in [0.25, 0.3) is 0 Å². The number of piperidine rings is 1. The number of fused-ring (bicyclic) bond motifs is 1. The molecule has 0 radical (unpaired) electrons. The summed E-state index contributed by atoms with van der Waals surface area (Å²) in [4.78, 5) is 27.4. The summed E-state index contributed by atoms with van der Waals surface area (Å²) in [5, 5.41) is 9.75. The van der Waals surface area contributed by atoms with Crippen molar-refractivity contribution in [3.8, 4) is 5.88 Å². The highest BCUT2D eigenvalue weighted by molar-refractivity contribution is 6.30. The fourth-order valence-corrected chi connectivity index (χ4v) is 5.35. The molecule has 2 aliphatic rings. The number of carboxylic acids is 1. The second-order valence-corrected chi connectivity index (χ2v) is 10.7. The van der Waals surface area contributed by atoms with Gasteiger partial charge in [-0.2, -0.15) is 4.98 Å². The first-order chi connectivity index (χ1) is 19.4. The van der Waals surface area contributed by atoms with Crippen molar-refractivity contribution in [1.82, 2.24) is 24.4 Å². The number of carbonyl (C=O) groups is 1. The van der Waals surface area contributed by atoms with E-state index in [0.29, 0.717) is 40.9 Å². The van der Waals surface area contributed by atoms with Gasteiger partial charge in [0.1, 0.15) is 23.6 Å². The van der Waals surface area contributed by atoms with Gasteiger partial charge in [0.15, 0.2) is 0 Å². The van der Waals surface area contributed by atoms with Crippen molar-refractivity contribution in [2.45, 2.75) is 51.0 Å². The third kappa shape index (κ3) is 5.94. The van der Waals surface area contributed by atoms with Crippen molar-refractivity contribution in [1.29, 1.82) is 0 Å². The topological polar surface area (TPSA) is 103 Å². The van der Waals surface area contributed by atoms with E-state index in [1.54, 1.807) is 36.5 Å². The Balaban J connectivity index is 1.09. The van der Waals surface area contributed by atoms with Crippen molar-refractivity contribution in [2.24, 2.45) is 0 Å². The van der Waals surface area contributed by atoms with Gasteiger partial charge in [0.2, 0.25) is 5.88 Å². The SMILES string of the molecule is O=C(O)c1ccc2c(c1)nc(CN1CCC(Oc3ccnc(Cc4ccc(Cl)cc4F)n3)CC1)n2C[C@@H]1CCO1. The lowest BCUT2D eigenvalue weighted by Crippen LogP contribution is -2.39. The summed E-state index contributed by atoms with van der Waals surface area (Å²) in [5.41, 5.74) is 2.31. The quantitative estimate of drug-likeness (QED) is 0.310. The summed E-state index contributed by atoms with van der Waals surface area (Å²) in [6, 6.07) is 11.4. The molecular weight excluding hydrogens is 537 g/mol. The Morgan fingerprint density at radius 2 is 1.95 bits per heavy atom. The fourth-order valence-electron chi connectivity index (χ4n) is 5.19. The number of benzene rings is 2. The van der Waals surface area contributed by atoms with Gasteiger partial charge in [-0.15, -0.1) is 0 Å². The highest BCUT2D eigenvalue weighted by atomic mass is 35.5. The van der Waals surface area contributed by atoms with Crippen LogP contribution in [0.1, 0.15) is 46.8 Å². The molecule has 1 atom stereocenters. The van der Waals surface area contributed by atoms with Gasteiger partial charge in [-0.3, -0.25) is 4.90 Å². The van der Waals surface area contributed by atoms with Crippen molar-refractivity contribution in [3.63, 3.8) is 0 Å². The molecule has 4 heterocycles. The van der Waals surface area contributed by atoms with Crippen LogP contribution < -0.4 is 4.74 Å². The van der Waals surface area contributed by atoms with E-state index in [0.717, 1.165) is 50.3 Å². The van der Waals surface area contributed by atoms with Crippen molar-refractivity contribution < 1.29 is 23.8 Å². The van der Waals surface area contributed by atoms with E-state index in [1.165, 1.54) is 6.07 Å². The number of hydrogen-bond acceptors (Lipinski definition) is 7. The number of halogens is 2. The number of hydrogen-bond donors (Lipinski definition) is 1. The predicted molar refractivity (Wildman–Crippen MR) is 146 cm³/mol.